The fourth-order valence-electron chi connectivity index (χ4n) is 4.14. The van der Waals surface area contributed by atoms with Crippen LogP contribution < -0.4 is 16.3 Å². The number of thiophene rings is 1. The Bertz CT molecular complexity index is 1820. The quantitative estimate of drug-likeness (QED) is 0.360. The predicted octanol–water partition coefficient (Wildman–Crippen LogP) is 5.11. The summed E-state index contributed by atoms with van der Waals surface area (Å²) in [5, 5.41) is 12.6. The van der Waals surface area contributed by atoms with E-state index in [0.717, 1.165) is 10.1 Å². The molecule has 6 heteroatoms. The SMILES string of the molecule is CC.O=c1c(-c2c(O)sc3ccccc23)nc2cc3c(=O)c4ccccc4c(=O)c3cc12. The third-order valence-corrected chi connectivity index (χ3v) is 6.52. The minimum atomic E-state index is -0.370. The zero-order valence-corrected chi connectivity index (χ0v) is 18.1. The van der Waals surface area contributed by atoms with Crippen molar-refractivity contribution in [1.29, 1.82) is 0 Å². The average molecular weight is 439 g/mol. The molecule has 5 nitrogen and oxygen atoms in total. The molecule has 0 radical (unpaired) electrons. The maximum atomic E-state index is 13.2. The summed E-state index contributed by atoms with van der Waals surface area (Å²) in [6, 6.07) is 17.0. The number of rotatable bonds is 1. The molecular weight excluding hydrogens is 422 g/mol. The van der Waals surface area contributed by atoms with Crippen LogP contribution in [0.4, 0.5) is 0 Å². The van der Waals surface area contributed by atoms with Crippen LogP contribution in [-0.2, 0) is 0 Å². The van der Waals surface area contributed by atoms with Gasteiger partial charge in [0.05, 0.1) is 16.5 Å². The molecule has 0 saturated heterocycles. The molecule has 0 fully saturated rings. The highest BCUT2D eigenvalue weighted by atomic mass is 32.1. The maximum Gasteiger partial charge on any atom is 0.214 e. The largest absolute Gasteiger partial charge is 0.499 e. The van der Waals surface area contributed by atoms with Crippen LogP contribution in [0.1, 0.15) is 13.8 Å². The zero-order chi connectivity index (χ0) is 22.6. The second-order valence-electron chi connectivity index (χ2n) is 7.19. The van der Waals surface area contributed by atoms with Gasteiger partial charge in [0.15, 0.2) is 15.9 Å². The first-order valence-corrected chi connectivity index (χ1v) is 11.1. The van der Waals surface area contributed by atoms with Gasteiger partial charge in [-0.15, -0.1) is 0 Å². The minimum Gasteiger partial charge on any atom is -0.499 e. The minimum absolute atomic E-state index is 0.0143. The van der Waals surface area contributed by atoms with Crippen molar-refractivity contribution >= 4 is 53.9 Å². The molecule has 0 atom stereocenters. The summed E-state index contributed by atoms with van der Waals surface area (Å²) in [4.78, 5) is 43.5. The molecule has 0 spiro atoms. The van der Waals surface area contributed by atoms with E-state index >= 15 is 0 Å². The molecule has 0 aliphatic heterocycles. The molecule has 0 unspecified atom stereocenters. The Kier molecular flexibility index (Phi) is 4.60. The van der Waals surface area contributed by atoms with Gasteiger partial charge in [-0.25, -0.2) is 4.98 Å². The van der Waals surface area contributed by atoms with Gasteiger partial charge in [-0.3, -0.25) is 14.4 Å². The number of benzene rings is 4. The third kappa shape index (κ3) is 2.70. The molecule has 0 bridgehead atoms. The molecule has 1 N–H and O–H groups in total. The van der Waals surface area contributed by atoms with E-state index in [4.69, 9.17) is 0 Å². The van der Waals surface area contributed by atoms with Crippen LogP contribution >= 0.6 is 11.3 Å². The molecule has 6 aromatic rings. The van der Waals surface area contributed by atoms with Crippen LogP contribution in [-0.4, -0.2) is 10.1 Å². The van der Waals surface area contributed by atoms with E-state index in [1.165, 1.54) is 23.5 Å². The molecular formula is C26H17NO4S. The second kappa shape index (κ2) is 7.35. The Morgan fingerprint density at radius 3 is 1.91 bits per heavy atom. The summed E-state index contributed by atoms with van der Waals surface area (Å²) < 4.78 is 0.844. The normalized spacial score (nSPS) is 11.3. The van der Waals surface area contributed by atoms with E-state index in [1.807, 2.05) is 38.1 Å². The molecule has 0 amide bonds. The van der Waals surface area contributed by atoms with Crippen molar-refractivity contribution in [3.05, 3.63) is 91.3 Å². The Hall–Kier alpha value is -3.90. The van der Waals surface area contributed by atoms with E-state index in [-0.39, 0.29) is 43.2 Å². The van der Waals surface area contributed by atoms with Gasteiger partial charge in [-0.05, 0) is 18.2 Å². The molecule has 2 aromatic heterocycles. The summed E-state index contributed by atoms with van der Waals surface area (Å²) in [5.41, 5.74) is -0.0684. The van der Waals surface area contributed by atoms with Crippen molar-refractivity contribution in [1.82, 2.24) is 4.98 Å². The van der Waals surface area contributed by atoms with Crippen LogP contribution in [0.3, 0.4) is 0 Å². The van der Waals surface area contributed by atoms with Crippen LogP contribution in [0, 0.1) is 0 Å². The summed E-state index contributed by atoms with van der Waals surface area (Å²) in [7, 11) is 0. The summed E-state index contributed by atoms with van der Waals surface area (Å²) in [6.45, 7) is 4.00. The predicted molar refractivity (Wildman–Crippen MR) is 132 cm³/mol. The van der Waals surface area contributed by atoms with Gasteiger partial charge in [0.25, 0.3) is 0 Å². The first-order valence-electron chi connectivity index (χ1n) is 10.3. The molecule has 0 aliphatic carbocycles. The molecule has 32 heavy (non-hydrogen) atoms. The molecule has 2 heterocycles. The number of hydrogen-bond donors (Lipinski definition) is 1. The Balaban J connectivity index is 0.00000105. The van der Waals surface area contributed by atoms with Gasteiger partial charge in [0.2, 0.25) is 5.43 Å². The number of nitrogens with zero attached hydrogens (tertiary/aromatic N) is 1. The molecule has 6 rings (SSSR count). The van der Waals surface area contributed by atoms with Crippen LogP contribution in [0.5, 0.6) is 5.06 Å². The lowest BCUT2D eigenvalue weighted by Gasteiger charge is -2.00. The highest BCUT2D eigenvalue weighted by Crippen LogP contribution is 2.42. The van der Waals surface area contributed by atoms with Gasteiger partial charge >= 0.3 is 0 Å². The van der Waals surface area contributed by atoms with Crippen molar-refractivity contribution in [3.63, 3.8) is 0 Å². The zero-order valence-electron chi connectivity index (χ0n) is 17.3. The molecule has 0 saturated carbocycles. The van der Waals surface area contributed by atoms with Crippen LogP contribution in [0.15, 0.2) is 75.0 Å². The standard InChI is InChI=1S/C24H11NO4S.C2H6/c26-21-11-5-1-2-6-12(11)22(27)15-10-17-16(9-14(15)21)23(28)20(25-17)19-13-7-3-4-8-18(13)30-24(19)29;1-2/h1-10,29H;1-2H3. The van der Waals surface area contributed by atoms with E-state index in [0.29, 0.717) is 21.9 Å². The Morgan fingerprint density at radius 1 is 0.688 bits per heavy atom. The van der Waals surface area contributed by atoms with E-state index in [2.05, 4.69) is 4.98 Å². The fourth-order valence-corrected chi connectivity index (χ4v) is 5.08. The van der Waals surface area contributed by atoms with Crippen molar-refractivity contribution in [2.75, 3.05) is 0 Å². The van der Waals surface area contributed by atoms with Crippen molar-refractivity contribution in [2.24, 2.45) is 0 Å². The molecule has 156 valence electrons. The number of hydrogen-bond acceptors (Lipinski definition) is 6. The fraction of sp³-hybridized carbons (Fsp3) is 0.0769. The third-order valence-electron chi connectivity index (χ3n) is 5.55. The van der Waals surface area contributed by atoms with Crippen LogP contribution in [0.25, 0.3) is 53.8 Å². The van der Waals surface area contributed by atoms with E-state index < -0.39 is 0 Å². The van der Waals surface area contributed by atoms with Crippen molar-refractivity contribution in [2.45, 2.75) is 13.8 Å². The molecule has 4 aromatic carbocycles. The first kappa shape index (κ1) is 20.0. The number of fused-ring (bicyclic) bond motifs is 4. The summed E-state index contributed by atoms with van der Waals surface area (Å²) >= 11 is 1.18. The van der Waals surface area contributed by atoms with Crippen LogP contribution in [0.2, 0.25) is 0 Å². The highest BCUT2D eigenvalue weighted by Gasteiger charge is 2.22. The summed E-state index contributed by atoms with van der Waals surface area (Å²) in [5.74, 6) is 0. The lowest BCUT2D eigenvalue weighted by Crippen LogP contribution is -2.13. The number of aromatic hydroxyl groups is 1. The van der Waals surface area contributed by atoms with Gasteiger partial charge < -0.3 is 5.11 Å². The monoisotopic (exact) mass is 439 g/mol. The highest BCUT2D eigenvalue weighted by molar-refractivity contribution is 7.21. The van der Waals surface area contributed by atoms with Crippen molar-refractivity contribution < 1.29 is 5.11 Å². The topological polar surface area (TPSA) is 84.3 Å². The number of aromatic nitrogens is 1. The lowest BCUT2D eigenvalue weighted by molar-refractivity contribution is 0.493. The Labute approximate surface area is 185 Å². The Morgan fingerprint density at radius 2 is 1.25 bits per heavy atom. The van der Waals surface area contributed by atoms with E-state index in [9.17, 15) is 19.5 Å². The molecule has 0 aliphatic rings. The van der Waals surface area contributed by atoms with Gasteiger partial charge in [-0.1, -0.05) is 67.6 Å². The van der Waals surface area contributed by atoms with Gasteiger partial charge in [0.1, 0.15) is 5.69 Å². The first-order chi connectivity index (χ1) is 15.5. The second-order valence-corrected chi connectivity index (χ2v) is 8.22. The average Bonchev–Trinajstić information content (AvgIpc) is 3.33. The van der Waals surface area contributed by atoms with Crippen molar-refractivity contribution in [3.8, 4) is 16.3 Å². The smallest absolute Gasteiger partial charge is 0.214 e. The van der Waals surface area contributed by atoms with Gasteiger partial charge in [0, 0.05) is 31.6 Å². The maximum absolute atomic E-state index is 13.2. The summed E-state index contributed by atoms with van der Waals surface area (Å²) in [6.07, 6.45) is 0. The van der Waals surface area contributed by atoms with E-state index in [1.54, 1.807) is 24.3 Å². The lowest BCUT2D eigenvalue weighted by atomic mass is 10.0. The van der Waals surface area contributed by atoms with Gasteiger partial charge in [-0.2, -0.15) is 0 Å².